The quantitative estimate of drug-likeness (QED) is 0.712. The largest absolute Gasteiger partial charge is 0.372 e. The van der Waals surface area contributed by atoms with Gasteiger partial charge in [0.05, 0.1) is 12.7 Å². The molecule has 1 atom stereocenters. The zero-order chi connectivity index (χ0) is 12.2. The summed E-state index contributed by atoms with van der Waals surface area (Å²) >= 11 is 6.17. The van der Waals surface area contributed by atoms with E-state index in [0.29, 0.717) is 6.10 Å². The lowest BCUT2D eigenvalue weighted by molar-refractivity contribution is 0.426. The van der Waals surface area contributed by atoms with Crippen molar-refractivity contribution in [1.29, 1.82) is 0 Å². The maximum atomic E-state index is 5.23. The Morgan fingerprint density at radius 1 is 1.22 bits per heavy atom. The molecule has 0 radical (unpaired) electrons. The molecule has 0 aliphatic carbocycles. The fourth-order valence-corrected chi connectivity index (χ4v) is 5.18. The molecule has 0 bridgehead atoms. The van der Waals surface area contributed by atoms with E-state index >= 15 is 0 Å². The molecule has 0 spiro atoms. The Morgan fingerprint density at radius 3 is 2.67 bits per heavy atom. The monoisotopic (exact) mass is 298 g/mol. The highest BCUT2D eigenvalue weighted by molar-refractivity contribution is 8.07. The Bertz CT molecular complexity index is 388. The molecule has 2 saturated heterocycles. The third kappa shape index (κ3) is 4.12. The van der Waals surface area contributed by atoms with Crippen LogP contribution in [0.4, 0.5) is 0 Å². The molecule has 1 aromatic carbocycles. The number of epoxide rings is 1. The molecular formula is C14H18OS3. The van der Waals surface area contributed by atoms with Crippen molar-refractivity contribution in [3.05, 3.63) is 35.4 Å². The van der Waals surface area contributed by atoms with Crippen molar-refractivity contribution < 1.29 is 4.74 Å². The van der Waals surface area contributed by atoms with E-state index in [1.807, 2.05) is 11.8 Å². The van der Waals surface area contributed by atoms with Gasteiger partial charge in [0, 0.05) is 34.0 Å². The van der Waals surface area contributed by atoms with Crippen molar-refractivity contribution in [2.75, 3.05) is 23.9 Å². The van der Waals surface area contributed by atoms with Gasteiger partial charge in [-0.25, -0.2) is 0 Å². The first-order chi connectivity index (χ1) is 8.90. The molecule has 1 unspecified atom stereocenters. The summed E-state index contributed by atoms with van der Waals surface area (Å²) < 4.78 is 5.23. The van der Waals surface area contributed by atoms with Gasteiger partial charge in [-0.2, -0.15) is 35.3 Å². The molecule has 3 rings (SSSR count). The number of hydrogen-bond acceptors (Lipinski definition) is 4. The van der Waals surface area contributed by atoms with Crippen LogP contribution in [0.5, 0.6) is 0 Å². The van der Waals surface area contributed by atoms with Crippen LogP contribution < -0.4 is 0 Å². The van der Waals surface area contributed by atoms with Crippen LogP contribution in [0.1, 0.15) is 11.1 Å². The highest BCUT2D eigenvalue weighted by Crippen LogP contribution is 2.31. The Labute approximate surface area is 122 Å². The lowest BCUT2D eigenvalue weighted by Crippen LogP contribution is -2.20. The van der Waals surface area contributed by atoms with Crippen LogP contribution in [-0.4, -0.2) is 35.2 Å². The van der Waals surface area contributed by atoms with Crippen molar-refractivity contribution in [2.45, 2.75) is 22.9 Å². The van der Waals surface area contributed by atoms with Crippen molar-refractivity contribution in [3.8, 4) is 0 Å². The molecule has 1 nitrogen and oxygen atoms in total. The average Bonchev–Trinajstić information content (AvgIpc) is 3.12. The van der Waals surface area contributed by atoms with Gasteiger partial charge in [0.2, 0.25) is 0 Å². The summed E-state index contributed by atoms with van der Waals surface area (Å²) in [4.78, 5) is 0. The Hall–Kier alpha value is 0.230. The summed E-state index contributed by atoms with van der Waals surface area (Å²) in [6, 6.07) is 9.08. The van der Waals surface area contributed by atoms with E-state index in [-0.39, 0.29) is 0 Å². The molecule has 0 aromatic heterocycles. The normalized spacial score (nSPS) is 22.8. The van der Waals surface area contributed by atoms with E-state index in [1.54, 1.807) is 0 Å². The van der Waals surface area contributed by atoms with E-state index in [0.717, 1.165) is 23.4 Å². The maximum absolute atomic E-state index is 5.23. The maximum Gasteiger partial charge on any atom is 0.0900 e. The van der Waals surface area contributed by atoms with E-state index in [2.05, 4.69) is 47.8 Å². The molecule has 0 saturated carbocycles. The third-order valence-electron chi connectivity index (χ3n) is 3.06. The second-order valence-corrected chi connectivity index (χ2v) is 8.15. The van der Waals surface area contributed by atoms with Gasteiger partial charge in [-0.15, -0.1) is 0 Å². The number of thioether (sulfide) groups is 3. The molecule has 1 aromatic rings. The van der Waals surface area contributed by atoms with Crippen LogP contribution >= 0.6 is 35.3 Å². The van der Waals surface area contributed by atoms with Gasteiger partial charge < -0.3 is 4.74 Å². The molecule has 0 N–H and O–H groups in total. The van der Waals surface area contributed by atoms with Crippen molar-refractivity contribution in [1.82, 2.24) is 0 Å². The minimum Gasteiger partial charge on any atom is -0.372 e. The zero-order valence-corrected chi connectivity index (χ0v) is 12.8. The van der Waals surface area contributed by atoms with Crippen molar-refractivity contribution >= 4 is 35.3 Å². The van der Waals surface area contributed by atoms with Gasteiger partial charge in [0.15, 0.2) is 0 Å². The van der Waals surface area contributed by atoms with Crippen molar-refractivity contribution in [3.63, 3.8) is 0 Å². The molecular weight excluding hydrogens is 280 g/mol. The van der Waals surface area contributed by atoms with Gasteiger partial charge in [0.25, 0.3) is 0 Å². The van der Waals surface area contributed by atoms with Gasteiger partial charge in [-0.05, 0) is 11.1 Å². The molecule has 2 fully saturated rings. The number of benzene rings is 1. The summed E-state index contributed by atoms with van der Waals surface area (Å²) in [5.41, 5.74) is 2.94. The molecule has 2 heterocycles. The minimum atomic E-state index is 0.546. The van der Waals surface area contributed by atoms with Gasteiger partial charge in [-0.1, -0.05) is 24.3 Å². The first-order valence-corrected chi connectivity index (χ1v) is 9.72. The SMILES string of the molecule is c1cc(CSCC2CO2)cc(CSC2CSC2)c1. The molecule has 2 aliphatic heterocycles. The van der Waals surface area contributed by atoms with Crippen LogP contribution in [0.2, 0.25) is 0 Å². The van der Waals surface area contributed by atoms with Crippen molar-refractivity contribution in [2.24, 2.45) is 0 Å². The van der Waals surface area contributed by atoms with E-state index in [4.69, 9.17) is 4.74 Å². The van der Waals surface area contributed by atoms with E-state index < -0.39 is 0 Å². The molecule has 2 aliphatic rings. The van der Waals surface area contributed by atoms with Gasteiger partial charge in [-0.3, -0.25) is 0 Å². The zero-order valence-electron chi connectivity index (χ0n) is 10.3. The summed E-state index contributed by atoms with van der Waals surface area (Å²) in [7, 11) is 0. The fraction of sp³-hybridized carbons (Fsp3) is 0.571. The summed E-state index contributed by atoms with van der Waals surface area (Å²) in [5, 5.41) is 0.903. The smallest absolute Gasteiger partial charge is 0.0900 e. The fourth-order valence-electron chi connectivity index (χ4n) is 1.81. The lowest BCUT2D eigenvalue weighted by atomic mass is 10.2. The number of ether oxygens (including phenoxy) is 1. The molecule has 0 amide bonds. The topological polar surface area (TPSA) is 12.5 Å². The number of hydrogen-bond donors (Lipinski definition) is 0. The van der Waals surface area contributed by atoms with Crippen LogP contribution in [0.25, 0.3) is 0 Å². The highest BCUT2D eigenvalue weighted by Gasteiger charge is 2.21. The molecule has 18 heavy (non-hydrogen) atoms. The van der Waals surface area contributed by atoms with Crippen LogP contribution in [0, 0.1) is 0 Å². The second kappa shape index (κ2) is 6.60. The molecule has 4 heteroatoms. The van der Waals surface area contributed by atoms with Crippen LogP contribution in [0.3, 0.4) is 0 Å². The average molecular weight is 298 g/mol. The van der Waals surface area contributed by atoms with Crippen LogP contribution in [0.15, 0.2) is 24.3 Å². The minimum absolute atomic E-state index is 0.546. The van der Waals surface area contributed by atoms with Crippen LogP contribution in [-0.2, 0) is 16.2 Å². The summed E-state index contributed by atoms with van der Waals surface area (Å²) in [6.07, 6.45) is 0.546. The predicted molar refractivity (Wildman–Crippen MR) is 84.8 cm³/mol. The Kier molecular flexibility index (Phi) is 4.85. The second-order valence-electron chi connectivity index (χ2n) is 4.76. The van der Waals surface area contributed by atoms with E-state index in [1.165, 1.54) is 28.4 Å². The third-order valence-corrected chi connectivity index (χ3v) is 7.21. The molecule has 98 valence electrons. The predicted octanol–water partition coefficient (Wildman–Crippen LogP) is 3.67. The highest BCUT2D eigenvalue weighted by atomic mass is 32.2. The van der Waals surface area contributed by atoms with Gasteiger partial charge >= 0.3 is 0 Å². The first kappa shape index (κ1) is 13.2. The standard InChI is InChI=1S/C14H18OS3/c1-2-11(6-16-8-13-5-15-13)4-12(3-1)7-18-14-9-17-10-14/h1-4,13-14H,5-10H2. The lowest BCUT2D eigenvalue weighted by Gasteiger charge is -2.24. The number of rotatable bonds is 7. The Balaban J connectivity index is 1.44. The summed E-state index contributed by atoms with van der Waals surface area (Å²) in [5.74, 6) is 6.15. The first-order valence-electron chi connectivity index (χ1n) is 6.36. The van der Waals surface area contributed by atoms with E-state index in [9.17, 15) is 0 Å². The van der Waals surface area contributed by atoms with Gasteiger partial charge in [0.1, 0.15) is 0 Å². The summed E-state index contributed by atoms with van der Waals surface area (Å²) in [6.45, 7) is 0.975. The Morgan fingerprint density at radius 2 is 2.00 bits per heavy atom.